The summed E-state index contributed by atoms with van der Waals surface area (Å²) in [5.41, 5.74) is 8.69. The molecule has 2 heteroatoms. The number of rotatable bonds is 4. The maximum absolute atomic E-state index is 6.17. The lowest BCUT2D eigenvalue weighted by Gasteiger charge is -2.11. The molecule has 1 aromatic carbocycles. The van der Waals surface area contributed by atoms with Gasteiger partial charge < -0.3 is 5.73 Å². The molecule has 1 heterocycles. The highest BCUT2D eigenvalue weighted by molar-refractivity contribution is 7.09. The zero-order valence-electron chi connectivity index (χ0n) is 9.52. The Balaban J connectivity index is 1.93. The number of benzene rings is 1. The molecule has 2 aromatic rings. The van der Waals surface area contributed by atoms with E-state index in [2.05, 4.69) is 48.7 Å². The monoisotopic (exact) mass is 231 g/mol. The highest BCUT2D eigenvalue weighted by Gasteiger charge is 2.06. The van der Waals surface area contributed by atoms with E-state index >= 15 is 0 Å². The van der Waals surface area contributed by atoms with E-state index in [4.69, 9.17) is 5.73 Å². The van der Waals surface area contributed by atoms with E-state index in [1.807, 2.05) is 0 Å². The van der Waals surface area contributed by atoms with E-state index in [0.717, 1.165) is 12.8 Å². The van der Waals surface area contributed by atoms with Crippen molar-refractivity contribution >= 4 is 11.3 Å². The van der Waals surface area contributed by atoms with Gasteiger partial charge in [-0.2, -0.15) is 0 Å². The van der Waals surface area contributed by atoms with Crippen molar-refractivity contribution in [3.8, 4) is 0 Å². The Hall–Kier alpha value is -1.12. The topological polar surface area (TPSA) is 26.0 Å². The van der Waals surface area contributed by atoms with E-state index in [1.165, 1.54) is 16.0 Å². The molecule has 0 fully saturated rings. The van der Waals surface area contributed by atoms with Gasteiger partial charge in [0, 0.05) is 10.9 Å². The molecule has 0 bridgehead atoms. The molecular weight excluding hydrogens is 214 g/mol. The van der Waals surface area contributed by atoms with Gasteiger partial charge in [0.15, 0.2) is 0 Å². The van der Waals surface area contributed by atoms with Gasteiger partial charge in [0.05, 0.1) is 0 Å². The van der Waals surface area contributed by atoms with E-state index in [9.17, 15) is 0 Å². The summed E-state index contributed by atoms with van der Waals surface area (Å²) in [5.74, 6) is 0. The third-order valence-electron chi connectivity index (χ3n) is 2.79. The van der Waals surface area contributed by atoms with Crippen molar-refractivity contribution in [2.75, 3.05) is 0 Å². The van der Waals surface area contributed by atoms with Crippen molar-refractivity contribution in [3.05, 3.63) is 57.8 Å². The quantitative estimate of drug-likeness (QED) is 0.853. The summed E-state index contributed by atoms with van der Waals surface area (Å²) in [6.45, 7) is 2.10. The first-order valence-electron chi connectivity index (χ1n) is 5.60. The molecule has 1 atom stereocenters. The summed E-state index contributed by atoms with van der Waals surface area (Å²) >= 11 is 1.81. The molecule has 0 spiro atoms. The smallest absolute Gasteiger partial charge is 0.0298 e. The van der Waals surface area contributed by atoms with Crippen molar-refractivity contribution in [1.82, 2.24) is 0 Å². The van der Waals surface area contributed by atoms with E-state index < -0.39 is 0 Å². The van der Waals surface area contributed by atoms with Crippen LogP contribution in [0.4, 0.5) is 0 Å². The lowest BCUT2D eigenvalue weighted by Crippen LogP contribution is -2.10. The summed E-state index contributed by atoms with van der Waals surface area (Å²) in [5, 5.41) is 2.12. The first kappa shape index (κ1) is 11.4. The van der Waals surface area contributed by atoms with Gasteiger partial charge in [-0.05, 0) is 36.8 Å². The molecule has 0 aliphatic heterocycles. The minimum absolute atomic E-state index is 0.155. The molecule has 0 amide bonds. The minimum atomic E-state index is 0.155. The zero-order chi connectivity index (χ0) is 11.4. The molecule has 84 valence electrons. The summed E-state index contributed by atoms with van der Waals surface area (Å²) in [4.78, 5) is 1.42. The van der Waals surface area contributed by atoms with Crippen molar-refractivity contribution in [3.63, 3.8) is 0 Å². The molecular formula is C14H17NS. The zero-order valence-corrected chi connectivity index (χ0v) is 10.3. The second-order valence-corrected chi connectivity index (χ2v) is 5.17. The molecule has 2 rings (SSSR count). The lowest BCUT2D eigenvalue weighted by atomic mass is 10.0. The van der Waals surface area contributed by atoms with Crippen LogP contribution in [0.25, 0.3) is 0 Å². The SMILES string of the molecule is Cc1ccc(C(N)CCc2cccs2)cc1. The molecule has 1 unspecified atom stereocenters. The molecule has 0 saturated heterocycles. The van der Waals surface area contributed by atoms with Crippen LogP contribution in [0.5, 0.6) is 0 Å². The number of nitrogens with two attached hydrogens (primary N) is 1. The van der Waals surface area contributed by atoms with Gasteiger partial charge in [0.25, 0.3) is 0 Å². The highest BCUT2D eigenvalue weighted by Crippen LogP contribution is 2.19. The van der Waals surface area contributed by atoms with Crippen molar-refractivity contribution in [1.29, 1.82) is 0 Å². The average Bonchev–Trinajstić information content (AvgIpc) is 2.80. The number of hydrogen-bond acceptors (Lipinski definition) is 2. The standard InChI is InChI=1S/C14H17NS/c1-11-4-6-12(7-5-11)14(15)9-8-13-3-2-10-16-13/h2-7,10,14H,8-9,15H2,1H3. The van der Waals surface area contributed by atoms with Gasteiger partial charge in [-0.1, -0.05) is 35.9 Å². The van der Waals surface area contributed by atoms with E-state index in [-0.39, 0.29) is 6.04 Å². The second-order valence-electron chi connectivity index (χ2n) is 4.14. The van der Waals surface area contributed by atoms with Crippen molar-refractivity contribution in [2.24, 2.45) is 5.73 Å². The van der Waals surface area contributed by atoms with Crippen molar-refractivity contribution < 1.29 is 0 Å². The number of thiophene rings is 1. The van der Waals surface area contributed by atoms with Crippen LogP contribution in [0, 0.1) is 6.92 Å². The third-order valence-corrected chi connectivity index (χ3v) is 3.72. The fourth-order valence-corrected chi connectivity index (χ4v) is 2.46. The molecule has 0 aliphatic carbocycles. The van der Waals surface area contributed by atoms with Crippen LogP contribution in [0.2, 0.25) is 0 Å². The predicted octanol–water partition coefficient (Wildman–Crippen LogP) is 3.69. The summed E-state index contributed by atoms with van der Waals surface area (Å²) in [6, 6.07) is 12.9. The summed E-state index contributed by atoms with van der Waals surface area (Å²) in [6.07, 6.45) is 2.09. The molecule has 1 aromatic heterocycles. The van der Waals surface area contributed by atoms with Crippen molar-refractivity contribution in [2.45, 2.75) is 25.8 Å². The fraction of sp³-hybridized carbons (Fsp3) is 0.286. The Labute approximate surface area is 101 Å². The van der Waals surface area contributed by atoms with Crippen LogP contribution in [-0.2, 0) is 6.42 Å². The Morgan fingerprint density at radius 1 is 1.19 bits per heavy atom. The number of hydrogen-bond donors (Lipinski definition) is 1. The summed E-state index contributed by atoms with van der Waals surface area (Å²) in [7, 11) is 0. The lowest BCUT2D eigenvalue weighted by molar-refractivity contribution is 0.655. The van der Waals surface area contributed by atoms with Crippen LogP contribution in [-0.4, -0.2) is 0 Å². The van der Waals surface area contributed by atoms with E-state index in [1.54, 1.807) is 11.3 Å². The number of aryl methyl sites for hydroxylation is 2. The maximum atomic E-state index is 6.17. The van der Waals surface area contributed by atoms with Crippen LogP contribution in [0.1, 0.15) is 28.5 Å². The Bertz CT molecular complexity index is 417. The molecule has 16 heavy (non-hydrogen) atoms. The second kappa shape index (κ2) is 5.28. The molecule has 0 radical (unpaired) electrons. The van der Waals surface area contributed by atoms with Crippen LogP contribution in [0.15, 0.2) is 41.8 Å². The van der Waals surface area contributed by atoms with Crippen LogP contribution < -0.4 is 5.73 Å². The summed E-state index contributed by atoms with van der Waals surface area (Å²) < 4.78 is 0. The average molecular weight is 231 g/mol. The van der Waals surface area contributed by atoms with Gasteiger partial charge in [0.2, 0.25) is 0 Å². The van der Waals surface area contributed by atoms with Gasteiger partial charge in [-0.3, -0.25) is 0 Å². The van der Waals surface area contributed by atoms with Crippen LogP contribution in [0.3, 0.4) is 0 Å². The van der Waals surface area contributed by atoms with Gasteiger partial charge in [0.1, 0.15) is 0 Å². The fourth-order valence-electron chi connectivity index (χ4n) is 1.73. The maximum Gasteiger partial charge on any atom is 0.0298 e. The first-order chi connectivity index (χ1) is 7.75. The molecule has 0 aliphatic rings. The largest absolute Gasteiger partial charge is 0.324 e. The third kappa shape index (κ3) is 2.94. The molecule has 2 N–H and O–H groups in total. The minimum Gasteiger partial charge on any atom is -0.324 e. The Morgan fingerprint density at radius 2 is 1.94 bits per heavy atom. The van der Waals surface area contributed by atoms with Crippen LogP contribution >= 0.6 is 11.3 Å². The molecule has 1 nitrogen and oxygen atoms in total. The van der Waals surface area contributed by atoms with Gasteiger partial charge in [-0.25, -0.2) is 0 Å². The first-order valence-corrected chi connectivity index (χ1v) is 6.48. The van der Waals surface area contributed by atoms with Gasteiger partial charge in [-0.15, -0.1) is 11.3 Å². The normalized spacial score (nSPS) is 12.6. The Morgan fingerprint density at radius 3 is 2.56 bits per heavy atom. The van der Waals surface area contributed by atoms with Gasteiger partial charge >= 0.3 is 0 Å². The van der Waals surface area contributed by atoms with E-state index in [0.29, 0.717) is 0 Å². The Kier molecular flexibility index (Phi) is 3.75. The molecule has 0 saturated carbocycles. The highest BCUT2D eigenvalue weighted by atomic mass is 32.1. The predicted molar refractivity (Wildman–Crippen MR) is 70.7 cm³/mol.